The number of hydrogen-bond acceptors (Lipinski definition) is 0. The highest BCUT2D eigenvalue weighted by Gasteiger charge is 2.48. The van der Waals surface area contributed by atoms with Crippen molar-refractivity contribution in [2.45, 2.75) is 19.3 Å². The zero-order chi connectivity index (χ0) is 86.1. The molecule has 0 spiro atoms. The van der Waals surface area contributed by atoms with Crippen LogP contribution >= 0.6 is 0 Å². The van der Waals surface area contributed by atoms with Gasteiger partial charge in [0.05, 0.1) is 5.41 Å². The highest BCUT2D eigenvalue weighted by molar-refractivity contribution is 5.99. The molecule has 0 aromatic heterocycles. The fourth-order valence-electron chi connectivity index (χ4n) is 19.8. The first kappa shape index (κ1) is 78.6. The average Bonchev–Trinajstić information content (AvgIpc) is 1.53. The van der Waals surface area contributed by atoms with E-state index in [9.17, 15) is 0 Å². The fraction of sp³-hybridized carbons (Fsp3) is 0.0233. The first-order valence-electron chi connectivity index (χ1n) is 44.8. The summed E-state index contributed by atoms with van der Waals surface area (Å²) in [5.41, 5.74) is 47.5. The lowest BCUT2D eigenvalue weighted by molar-refractivity contribution is 0.769. The van der Waals surface area contributed by atoms with Crippen LogP contribution in [0, 0.1) is 13.8 Å². The minimum absolute atomic E-state index is 1.01. The molecule has 0 N–H and O–H groups in total. The second-order valence-corrected chi connectivity index (χ2v) is 34.4. The number of hydrogen-bond donors (Lipinski definition) is 0. The van der Waals surface area contributed by atoms with E-state index in [0.717, 1.165) is 145 Å². The molecule has 0 unspecified atom stereocenters. The summed E-state index contributed by atoms with van der Waals surface area (Å²) in [4.78, 5) is 0. The van der Waals surface area contributed by atoms with Crippen molar-refractivity contribution < 1.29 is 0 Å². The molecule has 0 nitrogen and oxygen atoms in total. The molecule has 22 rings (SSSR count). The molecule has 0 heteroatoms. The monoisotopic (exact) mass is 1640 g/mol. The number of fused-ring (bicyclic) bond motifs is 3. The van der Waals surface area contributed by atoms with Gasteiger partial charge in [-0.05, 0) is 375 Å². The Balaban J connectivity index is 0.826. The van der Waals surface area contributed by atoms with E-state index < -0.39 is 5.41 Å². The lowest BCUT2D eigenvalue weighted by Crippen LogP contribution is -2.29. The number of aryl methyl sites for hydroxylation is 2. The summed E-state index contributed by atoms with van der Waals surface area (Å²) in [7, 11) is 0. The van der Waals surface area contributed by atoms with Gasteiger partial charge in [-0.3, -0.25) is 0 Å². The van der Waals surface area contributed by atoms with Gasteiger partial charge in [-0.25, -0.2) is 0 Å². The van der Waals surface area contributed by atoms with E-state index >= 15 is 0 Å². The first-order valence-corrected chi connectivity index (χ1v) is 44.8. The maximum atomic E-state index is 2.57. The van der Waals surface area contributed by atoms with E-state index in [-0.39, 0.29) is 0 Å². The molecule has 0 heterocycles. The topological polar surface area (TPSA) is 0 Å². The molecule has 0 bridgehead atoms. The SMILES string of the molecule is Cc1ccc2c(c1)-c1c(-c3ccccc3C)cccc1C2(c1cc(-c2cccc(-c3cc(-c4ccccc4)cc(-c4ccccc4)c3)c2)cc(-c2cccc(-c3cc(-c4ccccc4)cc(-c4ccccc4)c3)c2)c1)c1cc(-c2cccc(-c3cc(-c4ccccc4)cc(-c4ccccc4)c3)c2)cc(-c2cccc(-c3cc(-c4ccccc4)cc(-c4ccccc4)c3)c2)c1. The molecule has 0 saturated carbocycles. The Morgan fingerprint density at radius 2 is 0.318 bits per heavy atom. The first-order chi connectivity index (χ1) is 63.7. The van der Waals surface area contributed by atoms with Crippen molar-refractivity contribution in [3.8, 4) is 200 Å². The highest BCUT2D eigenvalue weighted by atomic mass is 14.5. The van der Waals surface area contributed by atoms with Crippen LogP contribution in [0.15, 0.2) is 510 Å². The summed E-state index contributed by atoms with van der Waals surface area (Å²) >= 11 is 0. The predicted octanol–water partition coefficient (Wildman–Crippen LogP) is 35.0. The van der Waals surface area contributed by atoms with E-state index in [1.165, 1.54) is 89.0 Å². The Hall–Kier alpha value is -16.4. The Morgan fingerprint density at radius 3 is 0.566 bits per heavy atom. The van der Waals surface area contributed by atoms with Crippen LogP contribution in [0.1, 0.15) is 33.4 Å². The second kappa shape index (κ2) is 34.3. The molecule has 0 radical (unpaired) electrons. The van der Waals surface area contributed by atoms with Gasteiger partial charge in [-0.1, -0.05) is 382 Å². The van der Waals surface area contributed by atoms with E-state index in [1.54, 1.807) is 0 Å². The molecule has 0 amide bonds. The van der Waals surface area contributed by atoms with Gasteiger partial charge >= 0.3 is 0 Å². The van der Waals surface area contributed by atoms with Gasteiger partial charge in [0, 0.05) is 0 Å². The van der Waals surface area contributed by atoms with Crippen molar-refractivity contribution in [2.24, 2.45) is 0 Å². The minimum Gasteiger partial charge on any atom is -0.0622 e. The molecular formula is C129H90. The summed E-state index contributed by atoms with van der Waals surface area (Å²) in [6.07, 6.45) is 0. The van der Waals surface area contributed by atoms with Gasteiger partial charge in [0.1, 0.15) is 0 Å². The Bertz CT molecular complexity index is 6740. The van der Waals surface area contributed by atoms with Crippen LogP contribution in [0.5, 0.6) is 0 Å². The molecule has 0 saturated heterocycles. The molecular weight excluding hydrogens is 1550 g/mol. The molecule has 606 valence electrons. The van der Waals surface area contributed by atoms with Crippen LogP contribution < -0.4 is 0 Å². The van der Waals surface area contributed by atoms with Crippen molar-refractivity contribution in [3.05, 3.63) is 543 Å². The third-order valence-electron chi connectivity index (χ3n) is 26.2. The van der Waals surface area contributed by atoms with Crippen LogP contribution in [0.4, 0.5) is 0 Å². The third kappa shape index (κ3) is 15.6. The molecule has 1 aliphatic rings. The Morgan fingerprint density at radius 1 is 0.124 bits per heavy atom. The van der Waals surface area contributed by atoms with Gasteiger partial charge < -0.3 is 0 Å². The lowest BCUT2D eigenvalue weighted by Gasteiger charge is -2.36. The van der Waals surface area contributed by atoms with Crippen LogP contribution in [0.3, 0.4) is 0 Å². The molecule has 0 aliphatic heterocycles. The maximum Gasteiger partial charge on any atom is 0.0714 e. The normalized spacial score (nSPS) is 11.9. The van der Waals surface area contributed by atoms with Gasteiger partial charge in [0.2, 0.25) is 0 Å². The largest absolute Gasteiger partial charge is 0.0714 e. The van der Waals surface area contributed by atoms with Gasteiger partial charge in [-0.15, -0.1) is 0 Å². The lowest BCUT2D eigenvalue weighted by atomic mass is 9.66. The summed E-state index contributed by atoms with van der Waals surface area (Å²) < 4.78 is 0. The summed E-state index contributed by atoms with van der Waals surface area (Å²) in [5.74, 6) is 0. The number of rotatable bonds is 19. The molecule has 0 atom stereocenters. The zero-order valence-corrected chi connectivity index (χ0v) is 72.0. The minimum atomic E-state index is -1.01. The molecule has 21 aromatic rings. The fourth-order valence-corrected chi connectivity index (χ4v) is 19.8. The summed E-state index contributed by atoms with van der Waals surface area (Å²) in [6, 6.07) is 191. The second-order valence-electron chi connectivity index (χ2n) is 34.4. The standard InChI is InChI=1S/C129H90/c1-87-62-63-126-125(64-87)128-124(123-59-28-27-34-88(123)2)60-33-61-127(128)129(126,121-83-117(101-55-29-51-97(65-101)113-73-105(89-35-11-3-12-36-89)69-106(74-113)90-37-13-4-14-38-90)81-118(84-121)102-56-30-52-98(66-102)114-75-107(91-39-15-5-16-40-91)70-108(76-114)92-41-17-6-18-42-92)122-85-119(103-57-31-53-99(67-103)115-77-109(93-43-19-7-20-44-93)71-110(78-115)94-45-21-8-22-46-94)82-120(86-122)104-58-32-54-100(68-104)116-79-111(95-47-23-9-24-48-95)72-112(80-116)96-49-25-10-26-50-96/h3-86H,1-2H3. The highest BCUT2D eigenvalue weighted by Crippen LogP contribution is 2.61. The quantitative estimate of drug-likeness (QED) is 0.0757. The molecule has 129 heavy (non-hydrogen) atoms. The van der Waals surface area contributed by atoms with Crippen LogP contribution in [0.25, 0.3) is 200 Å². The van der Waals surface area contributed by atoms with Crippen LogP contribution in [-0.2, 0) is 5.41 Å². The molecule has 0 fully saturated rings. The zero-order valence-electron chi connectivity index (χ0n) is 72.0. The van der Waals surface area contributed by atoms with Crippen LogP contribution in [-0.4, -0.2) is 0 Å². The molecule has 21 aromatic carbocycles. The predicted molar refractivity (Wildman–Crippen MR) is 546 cm³/mol. The maximum absolute atomic E-state index is 2.57. The van der Waals surface area contributed by atoms with Crippen molar-refractivity contribution in [3.63, 3.8) is 0 Å². The van der Waals surface area contributed by atoms with Crippen molar-refractivity contribution >= 4 is 0 Å². The molecule has 1 aliphatic carbocycles. The van der Waals surface area contributed by atoms with Gasteiger partial charge in [-0.2, -0.15) is 0 Å². The van der Waals surface area contributed by atoms with E-state index in [0.29, 0.717) is 0 Å². The van der Waals surface area contributed by atoms with Crippen molar-refractivity contribution in [1.29, 1.82) is 0 Å². The van der Waals surface area contributed by atoms with Crippen LogP contribution in [0.2, 0.25) is 0 Å². The van der Waals surface area contributed by atoms with Crippen molar-refractivity contribution in [2.75, 3.05) is 0 Å². The van der Waals surface area contributed by atoms with Crippen molar-refractivity contribution in [1.82, 2.24) is 0 Å². The van der Waals surface area contributed by atoms with Gasteiger partial charge in [0.15, 0.2) is 0 Å². The van der Waals surface area contributed by atoms with E-state index in [2.05, 4.69) is 523 Å². The van der Waals surface area contributed by atoms with E-state index in [4.69, 9.17) is 0 Å². The summed E-state index contributed by atoms with van der Waals surface area (Å²) in [5, 5.41) is 0. The smallest absolute Gasteiger partial charge is 0.0622 e. The van der Waals surface area contributed by atoms with Gasteiger partial charge in [0.25, 0.3) is 0 Å². The third-order valence-corrected chi connectivity index (χ3v) is 26.2. The Kier molecular flexibility index (Phi) is 20.9. The average molecular weight is 1640 g/mol. The van der Waals surface area contributed by atoms with E-state index in [1.807, 2.05) is 0 Å². The Labute approximate surface area is 757 Å². The summed E-state index contributed by atoms with van der Waals surface area (Å²) in [6.45, 7) is 4.53. The number of benzene rings is 21.